The lowest BCUT2D eigenvalue weighted by Crippen LogP contribution is -2.17. The first-order valence-electron chi connectivity index (χ1n) is 8.39. The van der Waals surface area contributed by atoms with Crippen LogP contribution >= 0.6 is 0 Å². The van der Waals surface area contributed by atoms with Crippen molar-refractivity contribution < 1.29 is 13.2 Å². The highest BCUT2D eigenvalue weighted by Gasteiger charge is 2.18. The molecule has 9 heteroatoms. The van der Waals surface area contributed by atoms with Crippen molar-refractivity contribution >= 4 is 15.8 Å². The Balaban J connectivity index is 1.72. The lowest BCUT2D eigenvalue weighted by molar-refractivity contribution is 0.280. The Morgan fingerprint density at radius 3 is 2.44 bits per heavy atom. The molecule has 0 fully saturated rings. The van der Waals surface area contributed by atoms with E-state index < -0.39 is 10.0 Å². The van der Waals surface area contributed by atoms with Gasteiger partial charge in [0.1, 0.15) is 6.61 Å². The molecule has 1 aromatic carbocycles. The second kappa shape index (κ2) is 7.75. The molecule has 3 aromatic rings. The fourth-order valence-corrected chi connectivity index (χ4v) is 3.54. The van der Waals surface area contributed by atoms with Crippen molar-refractivity contribution in [1.29, 1.82) is 0 Å². The van der Waals surface area contributed by atoms with E-state index in [2.05, 4.69) is 19.8 Å². The topological polar surface area (TPSA) is 99.0 Å². The van der Waals surface area contributed by atoms with Gasteiger partial charge < -0.3 is 4.74 Å². The first-order valence-corrected chi connectivity index (χ1v) is 9.88. The SMILES string of the molecule is Cc1ccc(S(=O)(=O)Nc2nccnc2OCCn2nc(C)cc2C)cc1. The minimum Gasteiger partial charge on any atom is -0.473 e. The summed E-state index contributed by atoms with van der Waals surface area (Å²) in [7, 11) is -3.78. The first kappa shape index (κ1) is 18.8. The van der Waals surface area contributed by atoms with E-state index in [4.69, 9.17) is 4.74 Å². The summed E-state index contributed by atoms with van der Waals surface area (Å²) in [6.45, 7) is 6.57. The Kier molecular flexibility index (Phi) is 5.41. The minimum absolute atomic E-state index is 0.0476. The molecule has 27 heavy (non-hydrogen) atoms. The van der Waals surface area contributed by atoms with Gasteiger partial charge in [0.15, 0.2) is 0 Å². The summed E-state index contributed by atoms with van der Waals surface area (Å²) in [6.07, 6.45) is 2.85. The monoisotopic (exact) mass is 387 g/mol. The van der Waals surface area contributed by atoms with Gasteiger partial charge in [-0.15, -0.1) is 0 Å². The zero-order chi connectivity index (χ0) is 19.4. The summed E-state index contributed by atoms with van der Waals surface area (Å²) >= 11 is 0. The quantitative estimate of drug-likeness (QED) is 0.669. The molecule has 142 valence electrons. The van der Waals surface area contributed by atoms with Crippen LogP contribution < -0.4 is 9.46 Å². The summed E-state index contributed by atoms with van der Waals surface area (Å²) in [6, 6.07) is 8.52. The molecule has 2 heterocycles. The van der Waals surface area contributed by atoms with Crippen LogP contribution in [-0.2, 0) is 16.6 Å². The number of anilines is 1. The number of sulfonamides is 1. The van der Waals surface area contributed by atoms with E-state index in [0.717, 1.165) is 17.0 Å². The number of ether oxygens (including phenoxy) is 1. The van der Waals surface area contributed by atoms with E-state index in [0.29, 0.717) is 6.54 Å². The van der Waals surface area contributed by atoms with Crippen molar-refractivity contribution in [3.05, 3.63) is 59.7 Å². The smallest absolute Gasteiger partial charge is 0.263 e. The van der Waals surface area contributed by atoms with E-state index in [1.54, 1.807) is 12.1 Å². The standard InChI is InChI=1S/C18H21N5O3S/c1-13-4-6-16(7-5-13)27(24,25)22-17-18(20-9-8-19-17)26-11-10-23-15(3)12-14(2)21-23/h4-9,12H,10-11H2,1-3H3,(H,19,22). The molecule has 0 aliphatic rings. The number of nitrogens with one attached hydrogen (secondary N) is 1. The molecule has 0 atom stereocenters. The lowest BCUT2D eigenvalue weighted by atomic mass is 10.2. The highest BCUT2D eigenvalue weighted by molar-refractivity contribution is 7.92. The van der Waals surface area contributed by atoms with Gasteiger partial charge in [-0.25, -0.2) is 18.4 Å². The van der Waals surface area contributed by atoms with Crippen LogP contribution in [0.3, 0.4) is 0 Å². The van der Waals surface area contributed by atoms with Gasteiger partial charge in [0.25, 0.3) is 15.9 Å². The Bertz CT molecular complexity index is 1030. The summed E-state index contributed by atoms with van der Waals surface area (Å²) in [5.41, 5.74) is 2.93. The van der Waals surface area contributed by atoms with E-state index >= 15 is 0 Å². The van der Waals surface area contributed by atoms with Crippen molar-refractivity contribution in [2.45, 2.75) is 32.2 Å². The predicted octanol–water partition coefficient (Wildman–Crippen LogP) is 2.48. The average molecular weight is 387 g/mol. The highest BCUT2D eigenvalue weighted by Crippen LogP contribution is 2.22. The van der Waals surface area contributed by atoms with Crippen LogP contribution in [0.4, 0.5) is 5.82 Å². The van der Waals surface area contributed by atoms with E-state index in [1.807, 2.05) is 31.5 Å². The zero-order valence-corrected chi connectivity index (χ0v) is 16.2. The van der Waals surface area contributed by atoms with Gasteiger partial charge in [-0.05, 0) is 39.0 Å². The minimum atomic E-state index is -3.78. The second-order valence-electron chi connectivity index (χ2n) is 6.13. The molecule has 0 aliphatic heterocycles. The van der Waals surface area contributed by atoms with Crippen molar-refractivity contribution in [3.8, 4) is 5.88 Å². The molecule has 1 N–H and O–H groups in total. The normalized spacial score (nSPS) is 11.4. The number of nitrogens with zero attached hydrogens (tertiary/aromatic N) is 4. The molecule has 0 bridgehead atoms. The number of hydrogen-bond acceptors (Lipinski definition) is 6. The Labute approximate surface area is 158 Å². The Morgan fingerprint density at radius 2 is 1.78 bits per heavy atom. The molecular formula is C18H21N5O3S. The second-order valence-corrected chi connectivity index (χ2v) is 7.81. The summed E-state index contributed by atoms with van der Waals surface area (Å²) < 4.78 is 35.0. The molecule has 0 spiro atoms. The Hall–Kier alpha value is -2.94. The van der Waals surface area contributed by atoms with Crippen LogP contribution in [0.15, 0.2) is 47.6 Å². The maximum Gasteiger partial charge on any atom is 0.263 e. The molecule has 0 radical (unpaired) electrons. The van der Waals surface area contributed by atoms with Gasteiger partial charge in [-0.3, -0.25) is 9.40 Å². The molecule has 0 amide bonds. The van der Waals surface area contributed by atoms with Crippen LogP contribution in [-0.4, -0.2) is 34.8 Å². The number of aryl methyl sites for hydroxylation is 3. The van der Waals surface area contributed by atoms with Crippen LogP contribution in [0.5, 0.6) is 5.88 Å². The van der Waals surface area contributed by atoms with Gasteiger partial charge in [-0.1, -0.05) is 17.7 Å². The maximum absolute atomic E-state index is 12.6. The van der Waals surface area contributed by atoms with Crippen molar-refractivity contribution in [1.82, 2.24) is 19.7 Å². The van der Waals surface area contributed by atoms with Gasteiger partial charge in [-0.2, -0.15) is 5.10 Å². The molecule has 2 aromatic heterocycles. The van der Waals surface area contributed by atoms with Gasteiger partial charge in [0.05, 0.1) is 17.1 Å². The lowest BCUT2D eigenvalue weighted by Gasteiger charge is -2.12. The number of aromatic nitrogens is 4. The Morgan fingerprint density at radius 1 is 1.07 bits per heavy atom. The molecule has 3 rings (SSSR count). The molecule has 0 unspecified atom stereocenters. The third kappa shape index (κ3) is 4.62. The average Bonchev–Trinajstić information content (AvgIpc) is 2.94. The first-order chi connectivity index (χ1) is 12.8. The van der Waals surface area contributed by atoms with E-state index in [-0.39, 0.29) is 23.2 Å². The number of benzene rings is 1. The van der Waals surface area contributed by atoms with Crippen LogP contribution in [0, 0.1) is 20.8 Å². The van der Waals surface area contributed by atoms with Gasteiger partial charge in [0.2, 0.25) is 5.82 Å². The van der Waals surface area contributed by atoms with Crippen molar-refractivity contribution in [2.24, 2.45) is 0 Å². The van der Waals surface area contributed by atoms with Crippen LogP contribution in [0.2, 0.25) is 0 Å². The third-order valence-electron chi connectivity index (χ3n) is 3.87. The summed E-state index contributed by atoms with van der Waals surface area (Å²) in [5.74, 6) is 0.168. The number of rotatable bonds is 7. The fraction of sp³-hybridized carbons (Fsp3) is 0.278. The van der Waals surface area contributed by atoms with E-state index in [1.165, 1.54) is 24.5 Å². The molecule has 0 aliphatic carbocycles. The molecule has 0 saturated carbocycles. The molecule has 0 saturated heterocycles. The zero-order valence-electron chi connectivity index (χ0n) is 15.4. The predicted molar refractivity (Wildman–Crippen MR) is 101 cm³/mol. The molecular weight excluding hydrogens is 366 g/mol. The highest BCUT2D eigenvalue weighted by atomic mass is 32.2. The summed E-state index contributed by atoms with van der Waals surface area (Å²) in [5, 5.41) is 4.36. The summed E-state index contributed by atoms with van der Waals surface area (Å²) in [4.78, 5) is 8.29. The third-order valence-corrected chi connectivity index (χ3v) is 5.23. The van der Waals surface area contributed by atoms with Crippen LogP contribution in [0.25, 0.3) is 0 Å². The van der Waals surface area contributed by atoms with Gasteiger partial charge in [0, 0.05) is 18.1 Å². The van der Waals surface area contributed by atoms with Gasteiger partial charge >= 0.3 is 0 Å². The fourth-order valence-electron chi connectivity index (χ4n) is 2.53. The molecule has 8 nitrogen and oxygen atoms in total. The van der Waals surface area contributed by atoms with Crippen molar-refractivity contribution in [3.63, 3.8) is 0 Å². The largest absolute Gasteiger partial charge is 0.473 e. The van der Waals surface area contributed by atoms with E-state index in [9.17, 15) is 8.42 Å². The van der Waals surface area contributed by atoms with Crippen LogP contribution in [0.1, 0.15) is 17.0 Å². The maximum atomic E-state index is 12.6. The number of hydrogen-bond donors (Lipinski definition) is 1. The van der Waals surface area contributed by atoms with Crippen molar-refractivity contribution in [2.75, 3.05) is 11.3 Å².